The largest absolute Gasteiger partial charge is 0.497 e. The maximum absolute atomic E-state index is 13.0. The van der Waals surface area contributed by atoms with Gasteiger partial charge in [0.2, 0.25) is 11.8 Å². The number of hydrogen-bond acceptors (Lipinski definition) is 5. The van der Waals surface area contributed by atoms with Crippen molar-refractivity contribution in [3.63, 3.8) is 0 Å². The second kappa shape index (κ2) is 10.4. The molecule has 1 unspecified atom stereocenters. The zero-order valence-corrected chi connectivity index (χ0v) is 18.0. The minimum Gasteiger partial charge on any atom is -0.497 e. The summed E-state index contributed by atoms with van der Waals surface area (Å²) < 4.78 is 23.6. The number of carbonyl (C=O) groups excluding carboxylic acids is 2. The maximum atomic E-state index is 13.0. The lowest BCUT2D eigenvalue weighted by Gasteiger charge is -2.21. The Balaban J connectivity index is 1.62. The van der Waals surface area contributed by atoms with E-state index < -0.39 is 6.04 Å². The molecule has 3 aromatic rings. The van der Waals surface area contributed by atoms with Crippen LogP contribution in [-0.4, -0.2) is 29.9 Å². The number of ether oxygens (including phenoxy) is 2. The van der Waals surface area contributed by atoms with Crippen molar-refractivity contribution >= 4 is 17.5 Å². The molecule has 0 saturated carbocycles. The van der Waals surface area contributed by atoms with E-state index in [2.05, 4.69) is 15.6 Å². The Morgan fingerprint density at radius 2 is 1.59 bits per heavy atom. The molecule has 32 heavy (non-hydrogen) atoms. The first kappa shape index (κ1) is 22.7. The summed E-state index contributed by atoms with van der Waals surface area (Å²) in [4.78, 5) is 29.5. The molecule has 0 fully saturated rings. The lowest BCUT2D eigenvalue weighted by Crippen LogP contribution is -2.47. The van der Waals surface area contributed by atoms with Gasteiger partial charge in [0.25, 0.3) is 5.91 Å². The average Bonchev–Trinajstić information content (AvgIpc) is 2.80. The topological polar surface area (TPSA) is 89.5 Å². The Labute approximate surface area is 185 Å². The van der Waals surface area contributed by atoms with Gasteiger partial charge in [-0.05, 0) is 60.5 Å². The van der Waals surface area contributed by atoms with E-state index in [1.807, 2.05) is 13.8 Å². The molecule has 0 radical (unpaired) electrons. The standard InChI is InChI=1S/C24H24FN3O4/c1-15(2)22(28-23(29)16-4-9-19(31-3)10-5-16)24(30)27-18-8-13-21(26-14-18)32-20-11-6-17(25)7-12-20/h4-15,22H,1-3H3,(H,27,30)(H,28,29). The number of hydrogen-bond donors (Lipinski definition) is 2. The normalized spacial score (nSPS) is 11.5. The van der Waals surface area contributed by atoms with Gasteiger partial charge in [0.15, 0.2) is 0 Å². The zero-order chi connectivity index (χ0) is 23.1. The molecular formula is C24H24FN3O4. The van der Waals surface area contributed by atoms with Crippen LogP contribution in [-0.2, 0) is 4.79 Å². The predicted molar refractivity (Wildman–Crippen MR) is 118 cm³/mol. The van der Waals surface area contributed by atoms with Crippen molar-refractivity contribution in [1.29, 1.82) is 0 Å². The summed E-state index contributed by atoms with van der Waals surface area (Å²) in [7, 11) is 1.55. The number of halogens is 1. The monoisotopic (exact) mass is 437 g/mol. The molecule has 0 bridgehead atoms. The number of benzene rings is 2. The fourth-order valence-electron chi connectivity index (χ4n) is 2.86. The fraction of sp³-hybridized carbons (Fsp3) is 0.208. The van der Waals surface area contributed by atoms with Gasteiger partial charge in [0.1, 0.15) is 23.4 Å². The molecule has 2 N–H and O–H groups in total. The lowest BCUT2D eigenvalue weighted by molar-refractivity contribution is -0.118. The van der Waals surface area contributed by atoms with Crippen LogP contribution in [0.15, 0.2) is 66.9 Å². The Morgan fingerprint density at radius 3 is 2.16 bits per heavy atom. The summed E-state index contributed by atoms with van der Waals surface area (Å²) in [6.07, 6.45) is 1.44. The molecule has 8 heteroatoms. The van der Waals surface area contributed by atoms with Crippen molar-refractivity contribution < 1.29 is 23.5 Å². The third kappa shape index (κ3) is 6.04. The van der Waals surface area contributed by atoms with Crippen LogP contribution in [0.1, 0.15) is 24.2 Å². The van der Waals surface area contributed by atoms with Crippen molar-refractivity contribution in [1.82, 2.24) is 10.3 Å². The number of carbonyl (C=O) groups is 2. The SMILES string of the molecule is COc1ccc(C(=O)NC(C(=O)Nc2ccc(Oc3ccc(F)cc3)nc2)C(C)C)cc1. The van der Waals surface area contributed by atoms with Crippen LogP contribution < -0.4 is 20.1 Å². The predicted octanol–water partition coefficient (Wildman–Crippen LogP) is 4.41. The van der Waals surface area contributed by atoms with Crippen LogP contribution in [0, 0.1) is 11.7 Å². The summed E-state index contributed by atoms with van der Waals surface area (Å²) >= 11 is 0. The molecule has 0 aliphatic rings. The minimum absolute atomic E-state index is 0.147. The van der Waals surface area contributed by atoms with E-state index in [4.69, 9.17) is 9.47 Å². The summed E-state index contributed by atoms with van der Waals surface area (Å²) in [5, 5.41) is 5.53. The number of methoxy groups -OCH3 is 1. The van der Waals surface area contributed by atoms with Crippen LogP contribution in [0.4, 0.5) is 10.1 Å². The summed E-state index contributed by atoms with van der Waals surface area (Å²) in [5.41, 5.74) is 0.874. The molecule has 1 heterocycles. The first-order chi connectivity index (χ1) is 15.4. The molecule has 0 aliphatic carbocycles. The highest BCUT2D eigenvalue weighted by Crippen LogP contribution is 2.21. The molecule has 1 atom stereocenters. The smallest absolute Gasteiger partial charge is 0.251 e. The molecule has 2 amide bonds. The van der Waals surface area contributed by atoms with Crippen molar-refractivity contribution in [2.75, 3.05) is 12.4 Å². The quantitative estimate of drug-likeness (QED) is 0.545. The molecule has 166 valence electrons. The third-order valence-corrected chi connectivity index (χ3v) is 4.63. The zero-order valence-electron chi connectivity index (χ0n) is 18.0. The van der Waals surface area contributed by atoms with E-state index in [1.165, 1.54) is 30.5 Å². The van der Waals surface area contributed by atoms with Crippen LogP contribution in [0.3, 0.4) is 0 Å². The first-order valence-corrected chi connectivity index (χ1v) is 10.0. The second-order valence-corrected chi connectivity index (χ2v) is 7.35. The molecule has 1 aromatic heterocycles. The van der Waals surface area contributed by atoms with Gasteiger partial charge in [-0.1, -0.05) is 13.8 Å². The van der Waals surface area contributed by atoms with E-state index >= 15 is 0 Å². The van der Waals surface area contributed by atoms with Crippen molar-refractivity contribution in [3.8, 4) is 17.4 Å². The van der Waals surface area contributed by atoms with Gasteiger partial charge in [-0.2, -0.15) is 0 Å². The van der Waals surface area contributed by atoms with Crippen molar-refractivity contribution in [2.24, 2.45) is 5.92 Å². The summed E-state index contributed by atoms with van der Waals surface area (Å²) in [6.45, 7) is 3.69. The number of amides is 2. The van der Waals surface area contributed by atoms with Gasteiger partial charge in [-0.15, -0.1) is 0 Å². The third-order valence-electron chi connectivity index (χ3n) is 4.63. The van der Waals surface area contributed by atoms with Gasteiger partial charge in [-0.25, -0.2) is 9.37 Å². The van der Waals surface area contributed by atoms with Crippen molar-refractivity contribution in [2.45, 2.75) is 19.9 Å². The first-order valence-electron chi connectivity index (χ1n) is 10.0. The molecule has 0 spiro atoms. The highest BCUT2D eigenvalue weighted by atomic mass is 19.1. The molecular weight excluding hydrogens is 413 g/mol. The van der Waals surface area contributed by atoms with Crippen LogP contribution in [0.5, 0.6) is 17.4 Å². The van der Waals surface area contributed by atoms with Crippen LogP contribution in [0.25, 0.3) is 0 Å². The molecule has 7 nitrogen and oxygen atoms in total. The Morgan fingerprint density at radius 1 is 0.938 bits per heavy atom. The number of nitrogens with one attached hydrogen (secondary N) is 2. The molecule has 3 rings (SSSR count). The highest BCUT2D eigenvalue weighted by Gasteiger charge is 2.25. The van der Waals surface area contributed by atoms with E-state index in [-0.39, 0.29) is 23.5 Å². The van der Waals surface area contributed by atoms with E-state index in [9.17, 15) is 14.0 Å². The fourth-order valence-corrected chi connectivity index (χ4v) is 2.86. The van der Waals surface area contributed by atoms with E-state index in [1.54, 1.807) is 43.5 Å². The Hall–Kier alpha value is -3.94. The van der Waals surface area contributed by atoms with Crippen LogP contribution in [0.2, 0.25) is 0 Å². The van der Waals surface area contributed by atoms with Crippen LogP contribution >= 0.6 is 0 Å². The molecule has 0 aliphatic heterocycles. The van der Waals surface area contributed by atoms with E-state index in [0.717, 1.165) is 0 Å². The number of nitrogens with zero attached hydrogens (tertiary/aromatic N) is 1. The Bertz CT molecular complexity index is 1050. The van der Waals surface area contributed by atoms with Gasteiger partial charge in [-0.3, -0.25) is 9.59 Å². The van der Waals surface area contributed by atoms with Gasteiger partial charge in [0, 0.05) is 11.6 Å². The van der Waals surface area contributed by atoms with Crippen molar-refractivity contribution in [3.05, 3.63) is 78.2 Å². The highest BCUT2D eigenvalue weighted by molar-refractivity contribution is 6.01. The van der Waals surface area contributed by atoms with Gasteiger partial charge < -0.3 is 20.1 Å². The number of rotatable bonds is 8. The maximum Gasteiger partial charge on any atom is 0.251 e. The van der Waals surface area contributed by atoms with Gasteiger partial charge in [0.05, 0.1) is 19.0 Å². The minimum atomic E-state index is -0.750. The second-order valence-electron chi connectivity index (χ2n) is 7.35. The lowest BCUT2D eigenvalue weighted by atomic mass is 10.0. The molecule has 2 aromatic carbocycles. The average molecular weight is 437 g/mol. The number of anilines is 1. The molecule has 0 saturated heterocycles. The Kier molecular flexibility index (Phi) is 7.38. The number of aromatic nitrogens is 1. The summed E-state index contributed by atoms with van der Waals surface area (Å²) in [5.74, 6) is 0.144. The number of pyridine rings is 1. The van der Waals surface area contributed by atoms with E-state index in [0.29, 0.717) is 28.6 Å². The summed E-state index contributed by atoms with van der Waals surface area (Å²) in [6, 6.07) is 14.6. The van der Waals surface area contributed by atoms with Gasteiger partial charge >= 0.3 is 0 Å².